The van der Waals surface area contributed by atoms with Crippen LogP contribution in [0, 0.1) is 23.2 Å². The Balaban J connectivity index is 1.30. The fourth-order valence-electron chi connectivity index (χ4n) is 8.64. The summed E-state index contributed by atoms with van der Waals surface area (Å²) in [5.74, 6) is 2.63. The van der Waals surface area contributed by atoms with Crippen LogP contribution in [0.1, 0.15) is 68.4 Å². The molecule has 1 N–H and O–H groups in total. The van der Waals surface area contributed by atoms with E-state index in [0.29, 0.717) is 6.42 Å². The van der Waals surface area contributed by atoms with Gasteiger partial charge in [0.15, 0.2) is 5.78 Å². The number of aliphatic hydroxyl groups excluding tert-OH is 1. The molecular weight excluding hydrogens is 434 g/mol. The van der Waals surface area contributed by atoms with Gasteiger partial charge in [0.1, 0.15) is 0 Å². The van der Waals surface area contributed by atoms with Gasteiger partial charge < -0.3 is 5.11 Å². The maximum atomic E-state index is 14.1. The fraction of sp³-hybridized carbons (Fsp3) is 0.500. The molecule has 0 amide bonds. The highest BCUT2D eigenvalue weighted by atomic mass is 16.3. The number of allylic oxidation sites excluding steroid dienone is 2. The Morgan fingerprint density at radius 3 is 2.51 bits per heavy atom. The Morgan fingerprint density at radius 2 is 1.80 bits per heavy atom. The number of carbonyl (C=O) groups excluding carboxylic acids is 1. The normalized spacial score (nSPS) is 31.3. The molecule has 5 aliphatic rings. The number of pyridine rings is 1. The monoisotopic (exact) mass is 467 g/mol. The van der Waals surface area contributed by atoms with E-state index in [1.165, 1.54) is 44.1 Å². The third-order valence-electron chi connectivity index (χ3n) is 9.49. The lowest BCUT2D eigenvalue weighted by molar-refractivity contribution is -0.118. The van der Waals surface area contributed by atoms with Gasteiger partial charge >= 0.3 is 0 Å². The summed E-state index contributed by atoms with van der Waals surface area (Å²) in [6, 6.07) is 10.3. The zero-order chi connectivity index (χ0) is 23.7. The van der Waals surface area contributed by atoms with E-state index in [9.17, 15) is 9.90 Å². The van der Waals surface area contributed by atoms with E-state index < -0.39 is 0 Å². The average molecular weight is 468 g/mol. The maximum absolute atomic E-state index is 14.1. The highest BCUT2D eigenvalue weighted by molar-refractivity contribution is 5.99. The molecule has 180 valence electrons. The Bertz CT molecular complexity index is 1330. The molecule has 0 radical (unpaired) electrons. The first-order valence-corrected chi connectivity index (χ1v) is 13.2. The highest BCUT2D eigenvalue weighted by Gasteiger charge is 2.57. The maximum Gasteiger partial charge on any atom is 0.165 e. The van der Waals surface area contributed by atoms with Gasteiger partial charge in [0.2, 0.25) is 0 Å². The predicted molar refractivity (Wildman–Crippen MR) is 135 cm³/mol. The van der Waals surface area contributed by atoms with Gasteiger partial charge in [0.25, 0.3) is 0 Å². The Morgan fingerprint density at radius 1 is 1.06 bits per heavy atom. The number of fused-ring (bicyclic) bond motifs is 2. The van der Waals surface area contributed by atoms with Crippen molar-refractivity contribution >= 4 is 16.6 Å². The van der Waals surface area contributed by atoms with Crippen LogP contribution in [0.3, 0.4) is 0 Å². The quantitative estimate of drug-likeness (QED) is 0.548. The number of carbonyl (C=O) groups is 1. The van der Waals surface area contributed by atoms with Crippen molar-refractivity contribution in [3.05, 3.63) is 70.8 Å². The summed E-state index contributed by atoms with van der Waals surface area (Å²) in [4.78, 5) is 18.4. The second kappa shape index (κ2) is 7.86. The van der Waals surface area contributed by atoms with Gasteiger partial charge in [-0.1, -0.05) is 23.8 Å². The zero-order valence-electron chi connectivity index (χ0n) is 20.4. The Hall–Kier alpha value is -2.79. The molecule has 4 saturated carbocycles. The molecule has 3 heterocycles. The molecule has 3 aromatic rings. The Kier molecular flexibility index (Phi) is 4.82. The van der Waals surface area contributed by atoms with Crippen LogP contribution < -0.4 is 0 Å². The van der Waals surface area contributed by atoms with Crippen molar-refractivity contribution < 1.29 is 9.90 Å². The molecule has 0 saturated heterocycles. The molecule has 8 rings (SSSR count). The van der Waals surface area contributed by atoms with Gasteiger partial charge in [-0.15, -0.1) is 0 Å². The SMILES string of the molecule is CC1=C(C(=O)Cc2ccc3cnccc3c2)C(C23CC4CC(CC(C4)C2)C3)n2nc(CO)cc2C1. The Labute approximate surface area is 206 Å². The molecule has 4 fully saturated rings. The molecule has 1 aromatic carbocycles. The first kappa shape index (κ1) is 21.5. The number of aromatic nitrogens is 3. The summed E-state index contributed by atoms with van der Waals surface area (Å²) in [7, 11) is 0. The standard InChI is InChI=1S/C30H33N3O2/c1-18-6-26-12-25(17-34)32-33(26)29(30-13-20-7-21(14-30)9-22(8-20)15-30)28(18)27(35)11-19-2-3-24-16-31-5-4-23(24)10-19/h2-5,10,12,16,20-22,29,34H,6-9,11,13-15,17H2,1H3. The lowest BCUT2D eigenvalue weighted by Gasteiger charge is -2.60. The lowest BCUT2D eigenvalue weighted by Crippen LogP contribution is -2.52. The van der Waals surface area contributed by atoms with Gasteiger partial charge in [0, 0.05) is 41.9 Å². The van der Waals surface area contributed by atoms with Crippen LogP contribution in [-0.4, -0.2) is 25.7 Å². The first-order valence-electron chi connectivity index (χ1n) is 13.2. The summed E-state index contributed by atoms with van der Waals surface area (Å²) in [6.07, 6.45) is 12.6. The predicted octanol–water partition coefficient (Wildman–Crippen LogP) is 5.37. The van der Waals surface area contributed by atoms with Crippen LogP contribution in [0.5, 0.6) is 0 Å². The number of ketones is 1. The van der Waals surface area contributed by atoms with E-state index in [0.717, 1.165) is 57.5 Å². The summed E-state index contributed by atoms with van der Waals surface area (Å²) in [5, 5.41) is 17.0. The number of aliphatic hydroxyl groups is 1. The largest absolute Gasteiger partial charge is 0.390 e. The number of hydrogen-bond donors (Lipinski definition) is 1. The molecule has 0 spiro atoms. The number of Topliss-reactive ketones (excluding diaryl/α,β-unsaturated/α-hetero) is 1. The van der Waals surface area contributed by atoms with Gasteiger partial charge in [-0.05, 0) is 91.7 Å². The molecule has 35 heavy (non-hydrogen) atoms. The van der Waals surface area contributed by atoms with E-state index >= 15 is 0 Å². The second-order valence-electron chi connectivity index (χ2n) is 11.9. The topological polar surface area (TPSA) is 68.0 Å². The summed E-state index contributed by atoms with van der Waals surface area (Å²) >= 11 is 0. The third-order valence-corrected chi connectivity index (χ3v) is 9.49. The molecule has 2 aromatic heterocycles. The molecule has 5 nitrogen and oxygen atoms in total. The third kappa shape index (κ3) is 3.42. The number of hydrogen-bond acceptors (Lipinski definition) is 4. The van der Waals surface area contributed by atoms with E-state index in [4.69, 9.17) is 5.10 Å². The van der Waals surface area contributed by atoms with E-state index in [1.54, 1.807) is 0 Å². The highest BCUT2D eigenvalue weighted by Crippen LogP contribution is 2.65. The molecule has 5 heteroatoms. The van der Waals surface area contributed by atoms with Crippen LogP contribution in [-0.2, 0) is 24.2 Å². The molecular formula is C30H33N3O2. The van der Waals surface area contributed by atoms with Crippen LogP contribution >= 0.6 is 0 Å². The summed E-state index contributed by atoms with van der Waals surface area (Å²) in [5.41, 5.74) is 5.24. The van der Waals surface area contributed by atoms with Crippen molar-refractivity contribution in [2.24, 2.45) is 23.2 Å². The lowest BCUT2D eigenvalue weighted by atomic mass is 9.46. The van der Waals surface area contributed by atoms with Crippen molar-refractivity contribution in [1.29, 1.82) is 0 Å². The van der Waals surface area contributed by atoms with Gasteiger partial charge in [0.05, 0.1) is 18.3 Å². The number of nitrogens with zero attached hydrogens (tertiary/aromatic N) is 3. The second-order valence-corrected chi connectivity index (χ2v) is 11.9. The van der Waals surface area contributed by atoms with Crippen molar-refractivity contribution in [2.45, 2.75) is 70.9 Å². The molecule has 4 bridgehead atoms. The van der Waals surface area contributed by atoms with Crippen LogP contribution in [0.4, 0.5) is 0 Å². The first-order chi connectivity index (χ1) is 17.0. The van der Waals surface area contributed by atoms with Gasteiger partial charge in [-0.2, -0.15) is 5.10 Å². The van der Waals surface area contributed by atoms with Crippen molar-refractivity contribution in [3.8, 4) is 0 Å². The van der Waals surface area contributed by atoms with Crippen molar-refractivity contribution in [2.75, 3.05) is 0 Å². The fourth-order valence-corrected chi connectivity index (χ4v) is 8.64. The van der Waals surface area contributed by atoms with Crippen LogP contribution in [0.25, 0.3) is 10.8 Å². The van der Waals surface area contributed by atoms with Crippen LogP contribution in [0.2, 0.25) is 0 Å². The average Bonchev–Trinajstić information content (AvgIpc) is 3.24. The van der Waals surface area contributed by atoms with Gasteiger partial charge in [-0.25, -0.2) is 0 Å². The smallest absolute Gasteiger partial charge is 0.165 e. The van der Waals surface area contributed by atoms with E-state index in [-0.39, 0.29) is 23.8 Å². The van der Waals surface area contributed by atoms with Crippen LogP contribution in [0.15, 0.2) is 53.9 Å². The number of rotatable bonds is 5. The van der Waals surface area contributed by atoms with E-state index in [1.807, 2.05) is 18.5 Å². The minimum Gasteiger partial charge on any atom is -0.390 e. The van der Waals surface area contributed by atoms with Gasteiger partial charge in [-0.3, -0.25) is 14.5 Å². The summed E-state index contributed by atoms with van der Waals surface area (Å²) in [6.45, 7) is 2.10. The molecule has 1 unspecified atom stereocenters. The zero-order valence-corrected chi connectivity index (χ0v) is 20.4. The number of benzene rings is 1. The summed E-state index contributed by atoms with van der Waals surface area (Å²) < 4.78 is 2.17. The molecule has 1 aliphatic heterocycles. The molecule has 4 aliphatic carbocycles. The minimum atomic E-state index is -0.0537. The molecule has 1 atom stereocenters. The van der Waals surface area contributed by atoms with Crippen molar-refractivity contribution in [1.82, 2.24) is 14.8 Å². The van der Waals surface area contributed by atoms with Crippen molar-refractivity contribution in [3.63, 3.8) is 0 Å². The minimum absolute atomic E-state index is 0.00268. The van der Waals surface area contributed by atoms with E-state index in [2.05, 4.69) is 40.9 Å².